The Bertz CT molecular complexity index is 371. The highest BCUT2D eigenvalue weighted by Gasteiger charge is 2.09. The van der Waals surface area contributed by atoms with Gasteiger partial charge in [-0.25, -0.2) is 0 Å². The summed E-state index contributed by atoms with van der Waals surface area (Å²) in [4.78, 5) is 11.8. The third-order valence-electron chi connectivity index (χ3n) is 2.01. The SMILES string of the molecule is CCNCCNC(=O)c1cc(Cl)ccc1Br. The van der Waals surface area contributed by atoms with Crippen molar-refractivity contribution in [1.82, 2.24) is 10.6 Å². The number of rotatable bonds is 5. The second-order valence-electron chi connectivity index (χ2n) is 3.23. The maximum atomic E-state index is 11.8. The van der Waals surface area contributed by atoms with E-state index in [9.17, 15) is 4.79 Å². The number of benzene rings is 1. The molecule has 0 aliphatic carbocycles. The molecule has 1 rings (SSSR count). The van der Waals surface area contributed by atoms with Crippen molar-refractivity contribution in [1.29, 1.82) is 0 Å². The molecule has 0 atom stereocenters. The molecular weight excluding hydrogens is 291 g/mol. The number of carbonyl (C=O) groups excluding carboxylic acids is 1. The zero-order valence-electron chi connectivity index (χ0n) is 9.02. The molecule has 0 saturated heterocycles. The number of carbonyl (C=O) groups is 1. The molecule has 2 N–H and O–H groups in total. The third-order valence-corrected chi connectivity index (χ3v) is 2.94. The summed E-state index contributed by atoms with van der Waals surface area (Å²) in [5.41, 5.74) is 0.559. The van der Waals surface area contributed by atoms with Crippen molar-refractivity contribution in [3.8, 4) is 0 Å². The summed E-state index contributed by atoms with van der Waals surface area (Å²) in [7, 11) is 0. The fourth-order valence-electron chi connectivity index (χ4n) is 1.21. The Kier molecular flexibility index (Phi) is 5.80. The lowest BCUT2D eigenvalue weighted by molar-refractivity contribution is 0.0953. The van der Waals surface area contributed by atoms with Crippen molar-refractivity contribution in [3.63, 3.8) is 0 Å². The molecule has 0 fully saturated rings. The Labute approximate surface area is 109 Å². The number of hydrogen-bond acceptors (Lipinski definition) is 2. The van der Waals surface area contributed by atoms with Crippen LogP contribution in [0.4, 0.5) is 0 Å². The number of nitrogens with one attached hydrogen (secondary N) is 2. The van der Waals surface area contributed by atoms with E-state index >= 15 is 0 Å². The van der Waals surface area contributed by atoms with Gasteiger partial charge in [0.15, 0.2) is 0 Å². The van der Waals surface area contributed by atoms with Gasteiger partial charge in [-0.15, -0.1) is 0 Å². The molecule has 0 unspecified atom stereocenters. The van der Waals surface area contributed by atoms with Gasteiger partial charge in [0.25, 0.3) is 5.91 Å². The van der Waals surface area contributed by atoms with Crippen LogP contribution in [-0.4, -0.2) is 25.5 Å². The van der Waals surface area contributed by atoms with Gasteiger partial charge >= 0.3 is 0 Å². The Hall–Kier alpha value is -0.580. The lowest BCUT2D eigenvalue weighted by Gasteiger charge is -2.07. The Morgan fingerprint density at radius 3 is 2.88 bits per heavy atom. The number of amides is 1. The molecule has 0 aliphatic heterocycles. The first-order chi connectivity index (χ1) is 7.65. The highest BCUT2D eigenvalue weighted by molar-refractivity contribution is 9.10. The molecule has 0 heterocycles. The minimum Gasteiger partial charge on any atom is -0.351 e. The van der Waals surface area contributed by atoms with Gasteiger partial charge in [0, 0.05) is 22.6 Å². The molecule has 0 aromatic heterocycles. The second-order valence-corrected chi connectivity index (χ2v) is 4.52. The molecule has 0 radical (unpaired) electrons. The van der Waals surface area contributed by atoms with Crippen molar-refractivity contribution in [3.05, 3.63) is 33.3 Å². The number of halogens is 2. The van der Waals surface area contributed by atoms with Gasteiger partial charge in [-0.05, 0) is 40.7 Å². The average molecular weight is 306 g/mol. The number of likely N-dealkylation sites (N-methyl/N-ethyl adjacent to an activating group) is 1. The van der Waals surface area contributed by atoms with E-state index in [-0.39, 0.29) is 5.91 Å². The van der Waals surface area contributed by atoms with Gasteiger partial charge in [-0.3, -0.25) is 4.79 Å². The van der Waals surface area contributed by atoms with E-state index in [1.54, 1.807) is 18.2 Å². The van der Waals surface area contributed by atoms with E-state index in [2.05, 4.69) is 26.6 Å². The third kappa shape index (κ3) is 4.12. The predicted molar refractivity (Wildman–Crippen MR) is 70.0 cm³/mol. The molecule has 1 aromatic carbocycles. The Morgan fingerprint density at radius 1 is 1.44 bits per heavy atom. The van der Waals surface area contributed by atoms with Crippen molar-refractivity contribution in [2.24, 2.45) is 0 Å². The minimum atomic E-state index is -0.118. The van der Waals surface area contributed by atoms with E-state index in [4.69, 9.17) is 11.6 Å². The van der Waals surface area contributed by atoms with Gasteiger partial charge < -0.3 is 10.6 Å². The fraction of sp³-hybridized carbons (Fsp3) is 0.364. The van der Waals surface area contributed by atoms with Crippen LogP contribution >= 0.6 is 27.5 Å². The van der Waals surface area contributed by atoms with E-state index in [1.807, 2.05) is 6.92 Å². The molecule has 1 amide bonds. The predicted octanol–water partition coefficient (Wildman–Crippen LogP) is 2.44. The molecule has 5 heteroatoms. The van der Waals surface area contributed by atoms with Crippen LogP contribution in [0.3, 0.4) is 0 Å². The standard InChI is InChI=1S/C11H14BrClN2O/c1-2-14-5-6-15-11(16)9-7-8(13)3-4-10(9)12/h3-4,7,14H,2,5-6H2,1H3,(H,15,16). The van der Waals surface area contributed by atoms with Gasteiger partial charge in [0.05, 0.1) is 5.56 Å². The van der Waals surface area contributed by atoms with Gasteiger partial charge in [0.1, 0.15) is 0 Å². The molecule has 1 aromatic rings. The number of hydrogen-bond donors (Lipinski definition) is 2. The molecule has 88 valence electrons. The van der Waals surface area contributed by atoms with Crippen molar-refractivity contribution in [2.75, 3.05) is 19.6 Å². The topological polar surface area (TPSA) is 41.1 Å². The summed E-state index contributed by atoms with van der Waals surface area (Å²) >= 11 is 9.15. The molecule has 3 nitrogen and oxygen atoms in total. The maximum absolute atomic E-state index is 11.8. The summed E-state index contributed by atoms with van der Waals surface area (Å²) in [6.07, 6.45) is 0. The van der Waals surface area contributed by atoms with Crippen molar-refractivity contribution < 1.29 is 4.79 Å². The average Bonchev–Trinajstić information content (AvgIpc) is 2.27. The highest BCUT2D eigenvalue weighted by Crippen LogP contribution is 2.20. The molecular formula is C11H14BrClN2O. The van der Waals surface area contributed by atoms with Crippen LogP contribution in [0.5, 0.6) is 0 Å². The van der Waals surface area contributed by atoms with E-state index in [1.165, 1.54) is 0 Å². The smallest absolute Gasteiger partial charge is 0.252 e. The zero-order chi connectivity index (χ0) is 12.0. The van der Waals surface area contributed by atoms with E-state index < -0.39 is 0 Å². The van der Waals surface area contributed by atoms with Gasteiger partial charge in [0.2, 0.25) is 0 Å². The summed E-state index contributed by atoms with van der Waals surface area (Å²) in [5.74, 6) is -0.118. The first kappa shape index (κ1) is 13.5. The Balaban J connectivity index is 2.55. The normalized spacial score (nSPS) is 10.2. The van der Waals surface area contributed by atoms with Crippen LogP contribution in [0.2, 0.25) is 5.02 Å². The molecule has 16 heavy (non-hydrogen) atoms. The first-order valence-corrected chi connectivity index (χ1v) is 6.26. The lowest BCUT2D eigenvalue weighted by Crippen LogP contribution is -2.31. The highest BCUT2D eigenvalue weighted by atomic mass is 79.9. The summed E-state index contributed by atoms with van der Waals surface area (Å²) < 4.78 is 0.748. The molecule has 0 bridgehead atoms. The van der Waals surface area contributed by atoms with Crippen LogP contribution < -0.4 is 10.6 Å². The van der Waals surface area contributed by atoms with Crippen LogP contribution in [0.25, 0.3) is 0 Å². The van der Waals surface area contributed by atoms with Crippen LogP contribution in [0.1, 0.15) is 17.3 Å². The van der Waals surface area contributed by atoms with Crippen LogP contribution in [0.15, 0.2) is 22.7 Å². The quantitative estimate of drug-likeness (QED) is 0.821. The fourth-order valence-corrected chi connectivity index (χ4v) is 1.81. The minimum absolute atomic E-state index is 0.118. The zero-order valence-corrected chi connectivity index (χ0v) is 11.4. The first-order valence-electron chi connectivity index (χ1n) is 5.09. The van der Waals surface area contributed by atoms with Crippen LogP contribution in [0, 0.1) is 0 Å². The molecule has 0 saturated carbocycles. The summed E-state index contributed by atoms with van der Waals surface area (Å²) in [5, 5.41) is 6.50. The van der Waals surface area contributed by atoms with Gasteiger partial charge in [-0.1, -0.05) is 18.5 Å². The maximum Gasteiger partial charge on any atom is 0.252 e. The van der Waals surface area contributed by atoms with E-state index in [0.717, 1.165) is 17.6 Å². The summed E-state index contributed by atoms with van der Waals surface area (Å²) in [6.45, 7) is 4.29. The monoisotopic (exact) mass is 304 g/mol. The van der Waals surface area contributed by atoms with Crippen molar-refractivity contribution >= 4 is 33.4 Å². The Morgan fingerprint density at radius 2 is 2.19 bits per heavy atom. The van der Waals surface area contributed by atoms with Gasteiger partial charge in [-0.2, -0.15) is 0 Å². The van der Waals surface area contributed by atoms with Crippen molar-refractivity contribution in [2.45, 2.75) is 6.92 Å². The molecule has 0 spiro atoms. The van der Waals surface area contributed by atoms with E-state index in [0.29, 0.717) is 17.1 Å². The summed E-state index contributed by atoms with van der Waals surface area (Å²) in [6, 6.07) is 5.15. The second kappa shape index (κ2) is 6.89. The van der Waals surface area contributed by atoms with Crippen LogP contribution in [-0.2, 0) is 0 Å². The molecule has 0 aliphatic rings. The lowest BCUT2D eigenvalue weighted by atomic mass is 10.2. The largest absolute Gasteiger partial charge is 0.351 e.